The van der Waals surface area contributed by atoms with Gasteiger partial charge < -0.3 is 10.5 Å². The fourth-order valence-electron chi connectivity index (χ4n) is 1.63. The third kappa shape index (κ3) is 3.15. The summed E-state index contributed by atoms with van der Waals surface area (Å²) < 4.78 is 18.2. The summed E-state index contributed by atoms with van der Waals surface area (Å²) >= 11 is 0. The molecule has 1 amide bonds. The summed E-state index contributed by atoms with van der Waals surface area (Å²) in [6.07, 6.45) is 0. The lowest BCUT2D eigenvalue weighted by Crippen LogP contribution is -2.48. The van der Waals surface area contributed by atoms with Gasteiger partial charge in [0.15, 0.2) is 0 Å². The van der Waals surface area contributed by atoms with Crippen LogP contribution < -0.4 is 11.2 Å². The molecule has 0 unspecified atom stereocenters. The molecule has 0 bridgehead atoms. The smallest absolute Gasteiger partial charge is 0.265 e. The first kappa shape index (κ1) is 11.8. The molecule has 3 N–H and O–H groups in total. The molecule has 0 saturated carbocycles. The van der Waals surface area contributed by atoms with Gasteiger partial charge in [0, 0.05) is 24.3 Å². The average molecular weight is 239 g/mol. The minimum atomic E-state index is -0.517. The summed E-state index contributed by atoms with van der Waals surface area (Å²) in [6.45, 7) is 2.39. The van der Waals surface area contributed by atoms with Crippen LogP contribution in [0.15, 0.2) is 18.2 Å². The van der Waals surface area contributed by atoms with Gasteiger partial charge in [-0.25, -0.2) is 9.40 Å². The number of nitrogen functional groups attached to an aromatic ring is 1. The second-order valence-corrected chi connectivity index (χ2v) is 3.81. The SMILES string of the molecule is Nc1cc(F)cc(C(=O)NN2CCOCC2)c1. The van der Waals surface area contributed by atoms with Crippen LogP contribution in [0.1, 0.15) is 10.4 Å². The van der Waals surface area contributed by atoms with Crippen LogP contribution >= 0.6 is 0 Å². The van der Waals surface area contributed by atoms with Crippen LogP contribution in [0.2, 0.25) is 0 Å². The van der Waals surface area contributed by atoms with Gasteiger partial charge in [0.1, 0.15) is 5.82 Å². The van der Waals surface area contributed by atoms with Gasteiger partial charge in [-0.1, -0.05) is 0 Å². The Kier molecular flexibility index (Phi) is 3.55. The Morgan fingerprint density at radius 3 is 2.71 bits per heavy atom. The second-order valence-electron chi connectivity index (χ2n) is 3.81. The van der Waals surface area contributed by atoms with Crippen molar-refractivity contribution in [1.29, 1.82) is 0 Å². The number of hydrazine groups is 1. The van der Waals surface area contributed by atoms with Crippen molar-refractivity contribution in [3.05, 3.63) is 29.6 Å². The number of carbonyl (C=O) groups excluding carboxylic acids is 1. The van der Waals surface area contributed by atoms with E-state index in [9.17, 15) is 9.18 Å². The quantitative estimate of drug-likeness (QED) is 0.732. The Hall–Kier alpha value is -1.66. The maximum Gasteiger partial charge on any atom is 0.265 e. The highest BCUT2D eigenvalue weighted by Gasteiger charge is 2.15. The van der Waals surface area contributed by atoms with Gasteiger partial charge >= 0.3 is 0 Å². The highest BCUT2D eigenvalue weighted by molar-refractivity contribution is 5.94. The van der Waals surface area contributed by atoms with Crippen LogP contribution in [-0.2, 0) is 4.74 Å². The Morgan fingerprint density at radius 1 is 1.35 bits per heavy atom. The van der Waals surface area contributed by atoms with Gasteiger partial charge in [0.05, 0.1) is 13.2 Å². The second kappa shape index (κ2) is 5.11. The number of halogens is 1. The molecule has 6 heteroatoms. The summed E-state index contributed by atoms with van der Waals surface area (Å²) in [7, 11) is 0. The molecule has 1 fully saturated rings. The molecule has 92 valence electrons. The fourth-order valence-corrected chi connectivity index (χ4v) is 1.63. The Balaban J connectivity index is 2.03. The average Bonchev–Trinajstić information content (AvgIpc) is 2.29. The largest absolute Gasteiger partial charge is 0.399 e. The molecule has 0 radical (unpaired) electrons. The molecule has 5 nitrogen and oxygen atoms in total. The summed E-state index contributed by atoms with van der Waals surface area (Å²) in [4.78, 5) is 11.8. The third-order valence-electron chi connectivity index (χ3n) is 2.45. The third-order valence-corrected chi connectivity index (χ3v) is 2.45. The number of nitrogens with two attached hydrogens (primary N) is 1. The first-order valence-corrected chi connectivity index (χ1v) is 5.35. The zero-order valence-corrected chi connectivity index (χ0v) is 9.28. The van der Waals surface area contributed by atoms with Crippen LogP contribution in [0, 0.1) is 5.82 Å². The highest BCUT2D eigenvalue weighted by atomic mass is 19.1. The number of amides is 1. The normalized spacial score (nSPS) is 16.8. The van der Waals surface area contributed by atoms with Gasteiger partial charge in [0.25, 0.3) is 5.91 Å². The number of nitrogens with one attached hydrogen (secondary N) is 1. The molecule has 0 aliphatic carbocycles. The van der Waals surface area contributed by atoms with Crippen LogP contribution in [0.5, 0.6) is 0 Å². The Morgan fingerprint density at radius 2 is 2.06 bits per heavy atom. The van der Waals surface area contributed by atoms with E-state index in [4.69, 9.17) is 10.5 Å². The van der Waals surface area contributed by atoms with Crippen molar-refractivity contribution < 1.29 is 13.9 Å². The van der Waals surface area contributed by atoms with E-state index in [2.05, 4.69) is 5.43 Å². The molecule has 1 heterocycles. The van der Waals surface area contributed by atoms with Crippen molar-refractivity contribution >= 4 is 11.6 Å². The van der Waals surface area contributed by atoms with Gasteiger partial charge in [0.2, 0.25) is 0 Å². The molecule has 0 atom stereocenters. The van der Waals surface area contributed by atoms with Crippen LogP contribution in [0.3, 0.4) is 0 Å². The Labute approximate surface area is 98.3 Å². The van der Waals surface area contributed by atoms with E-state index >= 15 is 0 Å². The summed E-state index contributed by atoms with van der Waals surface area (Å²) in [6, 6.07) is 3.77. The number of hydrogen-bond donors (Lipinski definition) is 2. The first-order chi connectivity index (χ1) is 8.15. The molecule has 1 aliphatic rings. The lowest BCUT2D eigenvalue weighted by molar-refractivity contribution is 0.0126. The summed E-state index contributed by atoms with van der Waals surface area (Å²) in [5, 5.41) is 1.74. The minimum absolute atomic E-state index is 0.217. The van der Waals surface area contributed by atoms with Crippen molar-refractivity contribution in [1.82, 2.24) is 10.4 Å². The topological polar surface area (TPSA) is 67.6 Å². The monoisotopic (exact) mass is 239 g/mol. The number of benzene rings is 1. The zero-order valence-electron chi connectivity index (χ0n) is 9.28. The summed E-state index contributed by atoms with van der Waals surface area (Å²) in [5.41, 5.74) is 8.61. The van der Waals surface area contributed by atoms with Crippen molar-refractivity contribution in [2.24, 2.45) is 0 Å². The predicted octanol–water partition coefficient (Wildman–Crippen LogP) is 0.385. The van der Waals surface area contributed by atoms with E-state index in [0.29, 0.717) is 26.3 Å². The van der Waals surface area contributed by atoms with Crippen LogP contribution in [0.25, 0.3) is 0 Å². The lowest BCUT2D eigenvalue weighted by Gasteiger charge is -2.26. The summed E-state index contributed by atoms with van der Waals surface area (Å²) in [5.74, 6) is -0.879. The van der Waals surface area contributed by atoms with E-state index in [0.717, 1.165) is 6.07 Å². The maximum absolute atomic E-state index is 13.1. The number of hydrogen-bond acceptors (Lipinski definition) is 4. The molecular formula is C11H14FN3O2. The van der Waals surface area contributed by atoms with E-state index in [1.807, 2.05) is 0 Å². The number of anilines is 1. The number of ether oxygens (including phenoxy) is 1. The van der Waals surface area contributed by atoms with Crippen LogP contribution in [-0.4, -0.2) is 37.2 Å². The molecule has 2 rings (SSSR count). The predicted molar refractivity (Wildman–Crippen MR) is 60.7 cm³/mol. The minimum Gasteiger partial charge on any atom is -0.399 e. The highest BCUT2D eigenvalue weighted by Crippen LogP contribution is 2.10. The molecule has 1 aliphatic heterocycles. The number of rotatable bonds is 2. The Bertz CT molecular complexity index is 399. The lowest BCUT2D eigenvalue weighted by atomic mass is 10.2. The molecular weight excluding hydrogens is 225 g/mol. The van der Waals surface area contributed by atoms with Crippen LogP contribution in [0.4, 0.5) is 10.1 Å². The molecule has 0 aromatic heterocycles. The number of morpholine rings is 1. The van der Waals surface area contributed by atoms with E-state index in [1.54, 1.807) is 5.01 Å². The van der Waals surface area contributed by atoms with E-state index < -0.39 is 5.82 Å². The number of carbonyl (C=O) groups is 1. The van der Waals surface area contributed by atoms with Gasteiger partial charge in [-0.2, -0.15) is 0 Å². The fraction of sp³-hybridized carbons (Fsp3) is 0.364. The molecule has 17 heavy (non-hydrogen) atoms. The maximum atomic E-state index is 13.1. The van der Waals surface area contributed by atoms with Crippen molar-refractivity contribution in [2.45, 2.75) is 0 Å². The molecule has 1 aromatic carbocycles. The molecule has 1 aromatic rings. The van der Waals surface area contributed by atoms with E-state index in [1.165, 1.54) is 12.1 Å². The first-order valence-electron chi connectivity index (χ1n) is 5.35. The van der Waals surface area contributed by atoms with E-state index in [-0.39, 0.29) is 17.2 Å². The standard InChI is InChI=1S/C11H14FN3O2/c12-9-5-8(6-10(13)7-9)11(16)14-15-1-3-17-4-2-15/h5-7H,1-4,13H2,(H,14,16). The number of nitrogens with zero attached hydrogens (tertiary/aromatic N) is 1. The molecule has 0 spiro atoms. The van der Waals surface area contributed by atoms with Gasteiger partial charge in [-0.15, -0.1) is 0 Å². The zero-order chi connectivity index (χ0) is 12.3. The molecule has 1 saturated heterocycles. The van der Waals surface area contributed by atoms with Crippen molar-refractivity contribution in [3.8, 4) is 0 Å². The van der Waals surface area contributed by atoms with Gasteiger partial charge in [-0.05, 0) is 18.2 Å². The van der Waals surface area contributed by atoms with Crippen molar-refractivity contribution in [3.63, 3.8) is 0 Å². The van der Waals surface area contributed by atoms with Gasteiger partial charge in [-0.3, -0.25) is 10.2 Å². The van der Waals surface area contributed by atoms with Crippen molar-refractivity contribution in [2.75, 3.05) is 32.0 Å².